The van der Waals surface area contributed by atoms with Crippen LogP contribution >= 0.6 is 66.7 Å². The highest BCUT2D eigenvalue weighted by Gasteiger charge is 2.23. The van der Waals surface area contributed by atoms with Crippen LogP contribution in [-0.4, -0.2) is 8.42 Å². The Kier molecular flexibility index (Phi) is 5.50. The zero-order valence-corrected chi connectivity index (χ0v) is 16.3. The topological polar surface area (TPSA) is 46.2 Å². The molecule has 0 fully saturated rings. The first kappa shape index (κ1) is 17.4. The van der Waals surface area contributed by atoms with Crippen molar-refractivity contribution in [2.24, 2.45) is 0 Å². The standard InChI is InChI=1S/C12H6Br2Cl3NO2S/c13-6-3-9(16)12(10(17)4-6)21(19,20)18-11-2-1-7(15)5-8(11)14/h1-5,18H. The van der Waals surface area contributed by atoms with E-state index in [1.165, 1.54) is 18.2 Å². The maximum absolute atomic E-state index is 12.4. The van der Waals surface area contributed by atoms with Crippen LogP contribution in [0.25, 0.3) is 0 Å². The zero-order chi connectivity index (χ0) is 15.8. The molecule has 0 heterocycles. The summed E-state index contributed by atoms with van der Waals surface area (Å²) in [6.07, 6.45) is 0. The van der Waals surface area contributed by atoms with E-state index in [1.54, 1.807) is 12.1 Å². The Bertz CT molecular complexity index is 789. The molecule has 2 aromatic rings. The second kappa shape index (κ2) is 6.64. The van der Waals surface area contributed by atoms with Gasteiger partial charge < -0.3 is 0 Å². The monoisotopic (exact) mass is 491 g/mol. The van der Waals surface area contributed by atoms with Crippen LogP contribution in [0.4, 0.5) is 5.69 Å². The van der Waals surface area contributed by atoms with Gasteiger partial charge in [0.2, 0.25) is 0 Å². The summed E-state index contributed by atoms with van der Waals surface area (Å²) in [6, 6.07) is 7.58. The lowest BCUT2D eigenvalue weighted by molar-refractivity contribution is 0.601. The zero-order valence-electron chi connectivity index (χ0n) is 10.0. The van der Waals surface area contributed by atoms with Gasteiger partial charge in [0.1, 0.15) is 4.90 Å². The summed E-state index contributed by atoms with van der Waals surface area (Å²) < 4.78 is 28.4. The third kappa shape index (κ3) is 4.06. The van der Waals surface area contributed by atoms with E-state index in [1.807, 2.05) is 0 Å². The number of sulfonamides is 1. The van der Waals surface area contributed by atoms with E-state index in [0.29, 0.717) is 19.7 Å². The van der Waals surface area contributed by atoms with Crippen LogP contribution in [0.5, 0.6) is 0 Å². The minimum atomic E-state index is -3.93. The van der Waals surface area contributed by atoms with Gasteiger partial charge in [0, 0.05) is 14.0 Å². The van der Waals surface area contributed by atoms with Gasteiger partial charge in [0.15, 0.2) is 0 Å². The molecular weight excluding hydrogens is 488 g/mol. The predicted octanol–water partition coefficient (Wildman–Crippen LogP) is 5.97. The number of anilines is 1. The van der Waals surface area contributed by atoms with Crippen molar-refractivity contribution in [3.8, 4) is 0 Å². The predicted molar refractivity (Wildman–Crippen MR) is 94.1 cm³/mol. The molecule has 112 valence electrons. The summed E-state index contributed by atoms with van der Waals surface area (Å²) >= 11 is 24.2. The van der Waals surface area contributed by atoms with Crippen LogP contribution in [0.3, 0.4) is 0 Å². The van der Waals surface area contributed by atoms with Gasteiger partial charge in [-0.15, -0.1) is 0 Å². The van der Waals surface area contributed by atoms with Crippen molar-refractivity contribution in [2.45, 2.75) is 4.90 Å². The maximum Gasteiger partial charge on any atom is 0.264 e. The molecule has 2 aromatic carbocycles. The van der Waals surface area contributed by atoms with Crippen molar-refractivity contribution in [2.75, 3.05) is 4.72 Å². The van der Waals surface area contributed by atoms with Gasteiger partial charge in [-0.1, -0.05) is 50.7 Å². The Morgan fingerprint density at radius 2 is 1.52 bits per heavy atom. The normalized spacial score (nSPS) is 11.5. The minimum Gasteiger partial charge on any atom is -0.278 e. The van der Waals surface area contributed by atoms with Crippen molar-refractivity contribution in [3.63, 3.8) is 0 Å². The lowest BCUT2D eigenvalue weighted by atomic mass is 10.3. The van der Waals surface area contributed by atoms with Crippen LogP contribution in [-0.2, 0) is 10.0 Å². The third-order valence-electron chi connectivity index (χ3n) is 2.41. The minimum absolute atomic E-state index is 0.0203. The Balaban J connectivity index is 2.48. The Morgan fingerprint density at radius 3 is 2.05 bits per heavy atom. The molecule has 0 saturated carbocycles. The van der Waals surface area contributed by atoms with E-state index in [9.17, 15) is 8.42 Å². The van der Waals surface area contributed by atoms with Gasteiger partial charge in [0.05, 0.1) is 15.7 Å². The summed E-state index contributed by atoms with van der Waals surface area (Å²) in [5.74, 6) is 0. The fourth-order valence-corrected chi connectivity index (χ4v) is 5.49. The molecule has 0 amide bonds. The summed E-state index contributed by atoms with van der Waals surface area (Å²) in [7, 11) is -3.93. The molecule has 0 bridgehead atoms. The SMILES string of the molecule is O=S(=O)(Nc1ccc(Cl)cc1Br)c1c(Cl)cc(Br)cc1Cl. The molecule has 21 heavy (non-hydrogen) atoms. The highest BCUT2D eigenvalue weighted by molar-refractivity contribution is 9.10. The molecule has 0 aromatic heterocycles. The lowest BCUT2D eigenvalue weighted by Crippen LogP contribution is -2.14. The average Bonchev–Trinajstić information content (AvgIpc) is 2.30. The number of benzene rings is 2. The maximum atomic E-state index is 12.4. The summed E-state index contributed by atoms with van der Waals surface area (Å²) in [5.41, 5.74) is 0.328. The molecule has 9 heteroatoms. The summed E-state index contributed by atoms with van der Waals surface area (Å²) in [5, 5.41) is 0.517. The van der Waals surface area contributed by atoms with E-state index >= 15 is 0 Å². The van der Waals surface area contributed by atoms with Crippen molar-refractivity contribution < 1.29 is 8.42 Å². The molecule has 0 unspecified atom stereocenters. The van der Waals surface area contributed by atoms with Crippen molar-refractivity contribution >= 4 is 82.4 Å². The fraction of sp³-hybridized carbons (Fsp3) is 0. The molecule has 2 rings (SSSR count). The number of rotatable bonds is 3. The van der Waals surface area contributed by atoms with Crippen molar-refractivity contribution in [1.82, 2.24) is 0 Å². The summed E-state index contributed by atoms with van der Waals surface area (Å²) in [4.78, 5) is -0.184. The molecule has 0 saturated heterocycles. The van der Waals surface area contributed by atoms with E-state index in [4.69, 9.17) is 34.8 Å². The van der Waals surface area contributed by atoms with E-state index in [0.717, 1.165) is 0 Å². The highest BCUT2D eigenvalue weighted by atomic mass is 79.9. The quantitative estimate of drug-likeness (QED) is 0.572. The second-order valence-corrected chi connectivity index (χ2v) is 8.57. The van der Waals surface area contributed by atoms with E-state index in [-0.39, 0.29) is 14.9 Å². The van der Waals surface area contributed by atoms with Crippen molar-refractivity contribution in [1.29, 1.82) is 0 Å². The van der Waals surface area contributed by atoms with Gasteiger partial charge >= 0.3 is 0 Å². The van der Waals surface area contributed by atoms with Gasteiger partial charge in [-0.2, -0.15) is 0 Å². The van der Waals surface area contributed by atoms with Crippen LogP contribution < -0.4 is 4.72 Å². The Morgan fingerprint density at radius 1 is 0.952 bits per heavy atom. The number of hydrogen-bond donors (Lipinski definition) is 1. The molecule has 0 spiro atoms. The number of nitrogens with one attached hydrogen (secondary N) is 1. The highest BCUT2D eigenvalue weighted by Crippen LogP contribution is 2.35. The smallest absolute Gasteiger partial charge is 0.264 e. The largest absolute Gasteiger partial charge is 0.278 e. The second-order valence-electron chi connectivity index (χ2n) is 3.93. The Hall–Kier alpha value is 0.0200. The molecule has 0 aliphatic heterocycles. The first-order valence-corrected chi connectivity index (χ1v) is 9.53. The first-order chi connectivity index (χ1) is 9.70. The molecule has 0 aliphatic rings. The fourth-order valence-electron chi connectivity index (χ4n) is 1.55. The van der Waals surface area contributed by atoms with Gasteiger partial charge in [0.25, 0.3) is 10.0 Å². The van der Waals surface area contributed by atoms with Gasteiger partial charge in [-0.05, 0) is 46.3 Å². The lowest BCUT2D eigenvalue weighted by Gasteiger charge is -2.12. The molecular formula is C12H6Br2Cl3NO2S. The molecule has 3 nitrogen and oxygen atoms in total. The van der Waals surface area contributed by atoms with Gasteiger partial charge in [-0.3, -0.25) is 4.72 Å². The van der Waals surface area contributed by atoms with Crippen LogP contribution in [0, 0.1) is 0 Å². The van der Waals surface area contributed by atoms with Crippen LogP contribution in [0.15, 0.2) is 44.2 Å². The van der Waals surface area contributed by atoms with E-state index in [2.05, 4.69) is 36.6 Å². The van der Waals surface area contributed by atoms with Crippen LogP contribution in [0.2, 0.25) is 15.1 Å². The third-order valence-corrected chi connectivity index (χ3v) is 6.04. The molecule has 1 N–H and O–H groups in total. The molecule has 0 atom stereocenters. The van der Waals surface area contributed by atoms with Crippen molar-refractivity contribution in [3.05, 3.63) is 54.3 Å². The number of hydrogen-bond acceptors (Lipinski definition) is 2. The summed E-state index contributed by atoms with van der Waals surface area (Å²) in [6.45, 7) is 0. The van der Waals surface area contributed by atoms with Crippen LogP contribution in [0.1, 0.15) is 0 Å². The van der Waals surface area contributed by atoms with Gasteiger partial charge in [-0.25, -0.2) is 8.42 Å². The van der Waals surface area contributed by atoms with E-state index < -0.39 is 10.0 Å². The first-order valence-electron chi connectivity index (χ1n) is 5.33. The molecule has 0 aliphatic carbocycles. The number of halogens is 5. The molecule has 0 radical (unpaired) electrons. The Labute approximate surface area is 153 Å². The average molecular weight is 494 g/mol.